The minimum atomic E-state index is -0.502. The molecule has 0 atom stereocenters. The highest BCUT2D eigenvalue weighted by atomic mass is 35.5. The zero-order valence-corrected chi connectivity index (χ0v) is 17.4. The molecule has 0 fully saturated rings. The zero-order valence-electron chi connectivity index (χ0n) is 15.8. The number of aromatic nitrogens is 2. The number of ether oxygens (including phenoxy) is 1. The lowest BCUT2D eigenvalue weighted by Crippen LogP contribution is -2.36. The molecule has 10 heteroatoms. The van der Waals surface area contributed by atoms with E-state index in [2.05, 4.69) is 20.8 Å². The maximum absolute atomic E-state index is 12.0. The number of aryl methyl sites for hydroxylation is 2. The van der Waals surface area contributed by atoms with E-state index in [0.717, 1.165) is 16.0 Å². The van der Waals surface area contributed by atoms with E-state index >= 15 is 0 Å². The summed E-state index contributed by atoms with van der Waals surface area (Å²) in [5, 5.41) is 11.6. The summed E-state index contributed by atoms with van der Waals surface area (Å²) >= 11 is 7.56. The van der Waals surface area contributed by atoms with Crippen molar-refractivity contribution in [1.82, 2.24) is 20.8 Å². The summed E-state index contributed by atoms with van der Waals surface area (Å²) < 4.78 is 10.4. The van der Waals surface area contributed by atoms with E-state index in [1.165, 1.54) is 11.3 Å². The molecular weight excluding hydrogens is 416 g/mol. The lowest BCUT2D eigenvalue weighted by molar-refractivity contribution is -0.123. The van der Waals surface area contributed by atoms with Crippen LogP contribution in [0.1, 0.15) is 21.8 Å². The number of benzene rings is 1. The number of rotatable bonds is 8. The third-order valence-corrected chi connectivity index (χ3v) is 5.34. The van der Waals surface area contributed by atoms with Crippen molar-refractivity contribution in [2.45, 2.75) is 13.8 Å². The maximum Gasteiger partial charge on any atom is 0.316 e. The van der Waals surface area contributed by atoms with Crippen molar-refractivity contribution in [2.75, 3.05) is 19.7 Å². The first-order chi connectivity index (χ1) is 13.9. The summed E-state index contributed by atoms with van der Waals surface area (Å²) in [6.45, 7) is 4.05. The van der Waals surface area contributed by atoms with Crippen molar-refractivity contribution < 1.29 is 18.8 Å². The van der Waals surface area contributed by atoms with Crippen LogP contribution in [0.3, 0.4) is 0 Å². The lowest BCUT2D eigenvalue weighted by Gasteiger charge is -2.10. The number of carbonyl (C=O) groups is 2. The van der Waals surface area contributed by atoms with Crippen LogP contribution in [0, 0.1) is 13.8 Å². The first-order valence-corrected chi connectivity index (χ1v) is 10.0. The molecule has 2 heterocycles. The lowest BCUT2D eigenvalue weighted by atomic mass is 10.1. The van der Waals surface area contributed by atoms with Gasteiger partial charge in [-0.1, -0.05) is 22.8 Å². The molecule has 0 saturated heterocycles. The van der Waals surface area contributed by atoms with Gasteiger partial charge in [0.25, 0.3) is 5.91 Å². The Bertz CT molecular complexity index is 981. The molecule has 8 nitrogen and oxygen atoms in total. The second-order valence-electron chi connectivity index (χ2n) is 6.17. The molecule has 3 aromatic rings. The van der Waals surface area contributed by atoms with Gasteiger partial charge in [0, 0.05) is 18.1 Å². The van der Waals surface area contributed by atoms with Gasteiger partial charge in [-0.25, -0.2) is 0 Å². The first kappa shape index (κ1) is 20.8. The average molecular weight is 435 g/mol. The summed E-state index contributed by atoms with van der Waals surface area (Å²) in [5.41, 5.74) is 1.76. The van der Waals surface area contributed by atoms with Crippen LogP contribution in [-0.2, 0) is 4.79 Å². The van der Waals surface area contributed by atoms with Gasteiger partial charge in [0.2, 0.25) is 5.82 Å². The summed E-state index contributed by atoms with van der Waals surface area (Å²) in [5.74, 6) is 0.00537. The van der Waals surface area contributed by atoms with Gasteiger partial charge in [-0.3, -0.25) is 9.59 Å². The van der Waals surface area contributed by atoms with E-state index in [1.807, 2.05) is 31.4 Å². The quantitative estimate of drug-likeness (QED) is 0.528. The fourth-order valence-corrected chi connectivity index (χ4v) is 3.22. The standard InChI is InChI=1S/C19H19ClN4O4S/c1-11-8-13(9-12(2)16(11)20)27-10-15(25)21-5-6-22-18(26)19-23-17(24-28-19)14-4-3-7-29-14/h3-4,7-9H,5-6,10H2,1-2H3,(H,21,25)(H,22,26). The molecule has 2 aromatic heterocycles. The first-order valence-electron chi connectivity index (χ1n) is 8.76. The summed E-state index contributed by atoms with van der Waals surface area (Å²) in [7, 11) is 0. The van der Waals surface area contributed by atoms with Gasteiger partial charge < -0.3 is 19.9 Å². The molecule has 152 valence electrons. The second-order valence-corrected chi connectivity index (χ2v) is 7.49. The van der Waals surface area contributed by atoms with Crippen LogP contribution in [0.2, 0.25) is 5.02 Å². The van der Waals surface area contributed by atoms with Gasteiger partial charge in [0.05, 0.1) is 4.88 Å². The van der Waals surface area contributed by atoms with E-state index in [4.69, 9.17) is 20.9 Å². The van der Waals surface area contributed by atoms with E-state index < -0.39 is 5.91 Å². The van der Waals surface area contributed by atoms with Gasteiger partial charge in [0.1, 0.15) is 5.75 Å². The molecule has 1 aromatic carbocycles. The number of hydrogen-bond acceptors (Lipinski definition) is 7. The highest BCUT2D eigenvalue weighted by molar-refractivity contribution is 7.13. The molecule has 0 saturated carbocycles. The Morgan fingerprint density at radius 1 is 1.21 bits per heavy atom. The van der Waals surface area contributed by atoms with Crippen LogP contribution in [0.25, 0.3) is 10.7 Å². The number of halogens is 1. The number of carbonyl (C=O) groups excluding carboxylic acids is 2. The Kier molecular flexibility index (Phi) is 6.84. The fraction of sp³-hybridized carbons (Fsp3) is 0.263. The van der Waals surface area contributed by atoms with E-state index in [0.29, 0.717) is 16.6 Å². The monoisotopic (exact) mass is 434 g/mol. The highest BCUT2D eigenvalue weighted by Gasteiger charge is 2.16. The number of amides is 2. The minimum absolute atomic E-state index is 0.128. The van der Waals surface area contributed by atoms with Crippen LogP contribution < -0.4 is 15.4 Å². The molecule has 0 bridgehead atoms. The van der Waals surface area contributed by atoms with Crippen LogP contribution in [0.4, 0.5) is 0 Å². The fourth-order valence-electron chi connectivity index (χ4n) is 2.46. The molecule has 0 spiro atoms. The predicted molar refractivity (Wildman–Crippen MR) is 109 cm³/mol. The Hall–Kier alpha value is -2.91. The Labute approximate surface area is 176 Å². The molecule has 29 heavy (non-hydrogen) atoms. The summed E-state index contributed by atoms with van der Waals surface area (Å²) in [6.07, 6.45) is 0. The number of hydrogen-bond donors (Lipinski definition) is 2. The van der Waals surface area contributed by atoms with Gasteiger partial charge in [-0.15, -0.1) is 11.3 Å². The molecule has 0 unspecified atom stereocenters. The van der Waals surface area contributed by atoms with Crippen molar-refractivity contribution in [3.63, 3.8) is 0 Å². The Morgan fingerprint density at radius 2 is 1.93 bits per heavy atom. The topological polar surface area (TPSA) is 106 Å². The van der Waals surface area contributed by atoms with Crippen LogP contribution in [0.15, 0.2) is 34.2 Å². The highest BCUT2D eigenvalue weighted by Crippen LogP contribution is 2.25. The van der Waals surface area contributed by atoms with E-state index in [1.54, 1.807) is 12.1 Å². The number of nitrogens with zero attached hydrogens (tertiary/aromatic N) is 2. The Balaban J connectivity index is 1.38. The van der Waals surface area contributed by atoms with Crippen molar-refractivity contribution >= 4 is 34.8 Å². The van der Waals surface area contributed by atoms with Crippen molar-refractivity contribution in [3.05, 3.63) is 51.7 Å². The third kappa shape index (κ3) is 5.55. The van der Waals surface area contributed by atoms with Crippen LogP contribution >= 0.6 is 22.9 Å². The van der Waals surface area contributed by atoms with Crippen molar-refractivity contribution in [2.24, 2.45) is 0 Å². The normalized spacial score (nSPS) is 10.6. The molecule has 0 aliphatic rings. The SMILES string of the molecule is Cc1cc(OCC(=O)NCCNC(=O)c2nc(-c3cccs3)no2)cc(C)c1Cl. The molecule has 2 amide bonds. The largest absolute Gasteiger partial charge is 0.484 e. The third-order valence-electron chi connectivity index (χ3n) is 3.87. The average Bonchev–Trinajstić information content (AvgIpc) is 3.39. The summed E-state index contributed by atoms with van der Waals surface area (Å²) in [6, 6.07) is 7.24. The number of thiophene rings is 1. The molecule has 3 rings (SSSR count). The smallest absolute Gasteiger partial charge is 0.316 e. The van der Waals surface area contributed by atoms with Crippen molar-refractivity contribution in [1.29, 1.82) is 0 Å². The minimum Gasteiger partial charge on any atom is -0.484 e. The van der Waals surface area contributed by atoms with E-state index in [9.17, 15) is 9.59 Å². The molecule has 0 radical (unpaired) electrons. The maximum atomic E-state index is 12.0. The van der Waals surface area contributed by atoms with Gasteiger partial charge in [0.15, 0.2) is 6.61 Å². The molecule has 0 aliphatic carbocycles. The molecule has 2 N–H and O–H groups in total. The van der Waals surface area contributed by atoms with Gasteiger partial charge in [-0.05, 0) is 48.6 Å². The Morgan fingerprint density at radius 3 is 2.62 bits per heavy atom. The zero-order chi connectivity index (χ0) is 20.8. The van der Waals surface area contributed by atoms with E-state index in [-0.39, 0.29) is 31.5 Å². The van der Waals surface area contributed by atoms with Gasteiger partial charge >= 0.3 is 11.8 Å². The number of nitrogens with one attached hydrogen (secondary N) is 2. The summed E-state index contributed by atoms with van der Waals surface area (Å²) in [4.78, 5) is 28.8. The predicted octanol–water partition coefficient (Wildman–Crippen LogP) is 2.99. The van der Waals surface area contributed by atoms with Gasteiger partial charge in [-0.2, -0.15) is 4.98 Å². The second kappa shape index (κ2) is 9.53. The molecular formula is C19H19ClN4O4S. The van der Waals surface area contributed by atoms with Crippen molar-refractivity contribution in [3.8, 4) is 16.5 Å². The molecule has 0 aliphatic heterocycles. The van der Waals surface area contributed by atoms with Crippen LogP contribution in [-0.4, -0.2) is 41.7 Å². The van der Waals surface area contributed by atoms with Crippen LogP contribution in [0.5, 0.6) is 5.75 Å².